The summed E-state index contributed by atoms with van der Waals surface area (Å²) in [5, 5.41) is 0. The lowest BCUT2D eigenvalue weighted by Gasteiger charge is -2.20. The molecule has 0 bridgehead atoms. The second-order valence-electron chi connectivity index (χ2n) is 6.60. The van der Waals surface area contributed by atoms with Crippen LogP contribution in [-0.2, 0) is 10.0 Å². The number of sulfonamides is 1. The lowest BCUT2D eigenvalue weighted by Crippen LogP contribution is -2.29. The average molecular weight is 361 g/mol. The van der Waals surface area contributed by atoms with Crippen LogP contribution >= 0.6 is 0 Å². The quantitative estimate of drug-likeness (QED) is 0.766. The molecular weight excluding hydrogens is 332 g/mol. The van der Waals surface area contributed by atoms with Gasteiger partial charge in [-0.1, -0.05) is 24.3 Å². The van der Waals surface area contributed by atoms with Crippen molar-refractivity contribution < 1.29 is 8.42 Å². The van der Waals surface area contributed by atoms with Crippen LogP contribution in [0.15, 0.2) is 41.3 Å². The van der Waals surface area contributed by atoms with Crippen LogP contribution in [0.3, 0.4) is 0 Å². The number of hydrogen-bond acceptors (Lipinski definition) is 3. The van der Waals surface area contributed by atoms with Crippen LogP contribution in [0.1, 0.15) is 28.7 Å². The van der Waals surface area contributed by atoms with E-state index in [1.807, 2.05) is 71.1 Å². The summed E-state index contributed by atoms with van der Waals surface area (Å²) >= 11 is 0. The minimum absolute atomic E-state index is 0.422. The standard InChI is InChI=1S/C20H28N2O2S/c1-15-14-16(2)18(4)20(17(15)3)25(23,24)21-12-9-13-22(5)19-10-7-6-8-11-19/h6-8,10-11,14,21H,9,12-13H2,1-5H3. The van der Waals surface area contributed by atoms with Crippen LogP contribution in [0, 0.1) is 27.7 Å². The van der Waals surface area contributed by atoms with E-state index in [9.17, 15) is 8.42 Å². The first kappa shape index (κ1) is 19.5. The highest BCUT2D eigenvalue weighted by molar-refractivity contribution is 7.89. The van der Waals surface area contributed by atoms with Gasteiger partial charge in [0.1, 0.15) is 0 Å². The van der Waals surface area contributed by atoms with Crippen molar-refractivity contribution in [2.75, 3.05) is 25.0 Å². The highest BCUT2D eigenvalue weighted by atomic mass is 32.2. The molecule has 0 saturated heterocycles. The molecule has 0 aliphatic rings. The molecule has 0 fully saturated rings. The fourth-order valence-corrected chi connectivity index (χ4v) is 4.68. The summed E-state index contributed by atoms with van der Waals surface area (Å²) in [4.78, 5) is 2.56. The average Bonchev–Trinajstić information content (AvgIpc) is 2.57. The first-order valence-electron chi connectivity index (χ1n) is 8.57. The Balaban J connectivity index is 2.01. The smallest absolute Gasteiger partial charge is 0.241 e. The first-order valence-corrected chi connectivity index (χ1v) is 10.1. The van der Waals surface area contributed by atoms with Gasteiger partial charge in [0.05, 0.1) is 4.90 Å². The Morgan fingerprint density at radius 1 is 0.960 bits per heavy atom. The number of benzene rings is 2. The molecule has 0 aliphatic carbocycles. The Labute approximate surface area is 151 Å². The van der Waals surface area contributed by atoms with Gasteiger partial charge in [0.2, 0.25) is 10.0 Å². The van der Waals surface area contributed by atoms with Crippen molar-refractivity contribution in [1.82, 2.24) is 4.72 Å². The predicted octanol–water partition coefficient (Wildman–Crippen LogP) is 3.73. The Kier molecular flexibility index (Phi) is 6.25. The van der Waals surface area contributed by atoms with Crippen LogP contribution in [0.25, 0.3) is 0 Å². The van der Waals surface area contributed by atoms with Crippen molar-refractivity contribution in [2.24, 2.45) is 0 Å². The lowest BCUT2D eigenvalue weighted by atomic mass is 10.0. The fourth-order valence-electron chi connectivity index (χ4n) is 2.99. The van der Waals surface area contributed by atoms with E-state index in [2.05, 4.69) is 9.62 Å². The molecule has 0 atom stereocenters. The molecule has 0 aliphatic heterocycles. The molecule has 0 saturated carbocycles. The summed E-state index contributed by atoms with van der Waals surface area (Å²) < 4.78 is 28.3. The molecule has 25 heavy (non-hydrogen) atoms. The SMILES string of the molecule is Cc1cc(C)c(C)c(S(=O)(=O)NCCCN(C)c2ccccc2)c1C. The van der Waals surface area contributed by atoms with Gasteiger partial charge in [0.15, 0.2) is 0 Å². The first-order chi connectivity index (χ1) is 11.7. The van der Waals surface area contributed by atoms with Gasteiger partial charge in [-0.25, -0.2) is 13.1 Å². The Bertz CT molecular complexity index is 804. The molecule has 2 rings (SSSR count). The van der Waals surface area contributed by atoms with Gasteiger partial charge in [-0.05, 0) is 68.5 Å². The maximum atomic E-state index is 12.8. The van der Waals surface area contributed by atoms with Gasteiger partial charge in [-0.15, -0.1) is 0 Å². The molecule has 4 nitrogen and oxygen atoms in total. The van der Waals surface area contributed by atoms with E-state index in [1.165, 1.54) is 0 Å². The van der Waals surface area contributed by atoms with E-state index >= 15 is 0 Å². The van der Waals surface area contributed by atoms with E-state index in [0.29, 0.717) is 11.4 Å². The number of para-hydroxylation sites is 1. The molecule has 1 N–H and O–H groups in total. The largest absolute Gasteiger partial charge is 0.375 e. The zero-order valence-corrected chi connectivity index (χ0v) is 16.6. The molecule has 0 unspecified atom stereocenters. The monoisotopic (exact) mass is 360 g/mol. The molecule has 0 spiro atoms. The molecule has 0 aromatic heterocycles. The Hall–Kier alpha value is -1.85. The minimum atomic E-state index is -3.50. The van der Waals surface area contributed by atoms with Crippen molar-refractivity contribution in [2.45, 2.75) is 39.0 Å². The van der Waals surface area contributed by atoms with Crippen molar-refractivity contribution in [3.8, 4) is 0 Å². The van der Waals surface area contributed by atoms with Crippen LogP contribution in [0.5, 0.6) is 0 Å². The molecule has 2 aromatic carbocycles. The Morgan fingerprint density at radius 3 is 2.08 bits per heavy atom. The van der Waals surface area contributed by atoms with Gasteiger partial charge < -0.3 is 4.90 Å². The van der Waals surface area contributed by atoms with Crippen molar-refractivity contribution in [1.29, 1.82) is 0 Å². The van der Waals surface area contributed by atoms with Crippen LogP contribution in [0.2, 0.25) is 0 Å². The number of rotatable bonds is 7. The summed E-state index contributed by atoms with van der Waals surface area (Å²) in [5.41, 5.74) is 4.81. The van der Waals surface area contributed by atoms with Gasteiger partial charge in [0.25, 0.3) is 0 Å². The zero-order chi connectivity index (χ0) is 18.6. The molecule has 136 valence electrons. The summed E-state index contributed by atoms with van der Waals surface area (Å²) in [5.74, 6) is 0. The van der Waals surface area contributed by atoms with E-state index < -0.39 is 10.0 Å². The summed E-state index contributed by atoms with van der Waals surface area (Å²) in [7, 11) is -1.48. The topological polar surface area (TPSA) is 49.4 Å². The van der Waals surface area contributed by atoms with E-state index in [1.54, 1.807) is 0 Å². The number of aryl methyl sites for hydroxylation is 2. The van der Waals surface area contributed by atoms with Crippen molar-refractivity contribution >= 4 is 15.7 Å². The van der Waals surface area contributed by atoms with Crippen molar-refractivity contribution in [3.63, 3.8) is 0 Å². The third-order valence-corrected chi connectivity index (χ3v) is 6.46. The third kappa shape index (κ3) is 4.61. The number of anilines is 1. The predicted molar refractivity (Wildman–Crippen MR) is 105 cm³/mol. The fraction of sp³-hybridized carbons (Fsp3) is 0.400. The number of nitrogens with zero attached hydrogens (tertiary/aromatic N) is 1. The van der Waals surface area contributed by atoms with E-state index in [-0.39, 0.29) is 0 Å². The summed E-state index contributed by atoms with van der Waals surface area (Å²) in [6, 6.07) is 12.1. The molecular formula is C20H28N2O2S. The van der Waals surface area contributed by atoms with E-state index in [4.69, 9.17) is 0 Å². The van der Waals surface area contributed by atoms with Crippen LogP contribution in [-0.4, -0.2) is 28.6 Å². The second-order valence-corrected chi connectivity index (χ2v) is 8.30. The number of hydrogen-bond donors (Lipinski definition) is 1. The summed E-state index contributed by atoms with van der Waals surface area (Å²) in [6.45, 7) is 8.87. The molecule has 0 heterocycles. The van der Waals surface area contributed by atoms with Gasteiger partial charge in [0, 0.05) is 25.8 Å². The molecule has 0 amide bonds. The van der Waals surface area contributed by atoms with Gasteiger partial charge in [-0.2, -0.15) is 0 Å². The van der Waals surface area contributed by atoms with Crippen LogP contribution < -0.4 is 9.62 Å². The lowest BCUT2D eigenvalue weighted by molar-refractivity contribution is 0.577. The van der Waals surface area contributed by atoms with Gasteiger partial charge in [-0.3, -0.25) is 0 Å². The molecule has 0 radical (unpaired) electrons. The molecule has 5 heteroatoms. The highest BCUT2D eigenvalue weighted by Crippen LogP contribution is 2.25. The number of nitrogens with one attached hydrogen (secondary N) is 1. The second kappa shape index (κ2) is 8.02. The van der Waals surface area contributed by atoms with Crippen molar-refractivity contribution in [3.05, 3.63) is 58.7 Å². The van der Waals surface area contributed by atoms with E-state index in [0.717, 1.165) is 40.9 Å². The maximum absolute atomic E-state index is 12.8. The third-order valence-electron chi connectivity index (χ3n) is 4.73. The molecule has 2 aromatic rings. The Morgan fingerprint density at radius 2 is 1.52 bits per heavy atom. The summed E-state index contributed by atoms with van der Waals surface area (Å²) in [6.07, 6.45) is 0.744. The van der Waals surface area contributed by atoms with Gasteiger partial charge >= 0.3 is 0 Å². The maximum Gasteiger partial charge on any atom is 0.241 e. The van der Waals surface area contributed by atoms with Crippen LogP contribution in [0.4, 0.5) is 5.69 Å². The zero-order valence-electron chi connectivity index (χ0n) is 15.8. The minimum Gasteiger partial charge on any atom is -0.375 e. The normalized spacial score (nSPS) is 11.6. The highest BCUT2D eigenvalue weighted by Gasteiger charge is 2.21.